The summed E-state index contributed by atoms with van der Waals surface area (Å²) in [6, 6.07) is 9.37. The van der Waals surface area contributed by atoms with E-state index < -0.39 is 6.09 Å². The second-order valence-electron chi connectivity index (χ2n) is 3.79. The lowest BCUT2D eigenvalue weighted by Gasteiger charge is -2.05. The van der Waals surface area contributed by atoms with Crippen LogP contribution in [0.2, 0.25) is 0 Å². The number of benzene rings is 1. The smallest absolute Gasteiger partial charge is 0.312 e. The molecule has 96 valence electrons. The first kappa shape index (κ1) is 13.0. The molecule has 1 heterocycles. The lowest BCUT2D eigenvalue weighted by Crippen LogP contribution is -2.21. The maximum Gasteiger partial charge on any atom is 0.435 e. The standard InChI is InChI=1S/C12H10N4O2S/c1-16(2)12(17)18-15-9(7-13)11-14-8-5-3-4-6-10(8)19-11/h3-6H,1-2H3/b15-9+. The predicted molar refractivity (Wildman–Crippen MR) is 71.9 cm³/mol. The van der Waals surface area contributed by atoms with Gasteiger partial charge in [-0.3, -0.25) is 4.84 Å². The Morgan fingerprint density at radius 2 is 2.21 bits per heavy atom. The molecule has 19 heavy (non-hydrogen) atoms. The van der Waals surface area contributed by atoms with Crippen molar-refractivity contribution in [3.05, 3.63) is 29.3 Å². The summed E-state index contributed by atoms with van der Waals surface area (Å²) in [5, 5.41) is 13.0. The molecule has 0 aliphatic rings. The number of hydrogen-bond acceptors (Lipinski definition) is 6. The van der Waals surface area contributed by atoms with Gasteiger partial charge in [-0.25, -0.2) is 9.78 Å². The molecule has 1 amide bonds. The zero-order chi connectivity index (χ0) is 13.8. The number of hydrogen-bond donors (Lipinski definition) is 0. The van der Waals surface area contributed by atoms with Crippen LogP contribution in [0, 0.1) is 11.3 Å². The van der Waals surface area contributed by atoms with Crippen LogP contribution >= 0.6 is 11.3 Å². The van der Waals surface area contributed by atoms with Crippen LogP contribution in [0.3, 0.4) is 0 Å². The number of nitriles is 1. The highest BCUT2D eigenvalue weighted by Crippen LogP contribution is 2.22. The first-order chi connectivity index (χ1) is 9.11. The Hall–Kier alpha value is -2.46. The van der Waals surface area contributed by atoms with Crippen molar-refractivity contribution in [3.63, 3.8) is 0 Å². The number of rotatable bonds is 2. The van der Waals surface area contributed by atoms with Crippen molar-refractivity contribution >= 4 is 33.4 Å². The van der Waals surface area contributed by atoms with Gasteiger partial charge < -0.3 is 4.90 Å². The van der Waals surface area contributed by atoms with E-state index in [2.05, 4.69) is 15.0 Å². The van der Waals surface area contributed by atoms with Gasteiger partial charge in [0, 0.05) is 14.1 Å². The van der Waals surface area contributed by atoms with Crippen molar-refractivity contribution in [1.82, 2.24) is 9.88 Å². The molecule has 0 aliphatic heterocycles. The van der Waals surface area contributed by atoms with Gasteiger partial charge in [0.1, 0.15) is 6.07 Å². The highest BCUT2D eigenvalue weighted by atomic mass is 32.1. The number of fused-ring (bicyclic) bond motifs is 1. The zero-order valence-corrected chi connectivity index (χ0v) is 11.1. The van der Waals surface area contributed by atoms with Gasteiger partial charge in [0.2, 0.25) is 5.71 Å². The third kappa shape index (κ3) is 2.86. The van der Waals surface area contributed by atoms with Crippen molar-refractivity contribution in [2.75, 3.05) is 14.1 Å². The van der Waals surface area contributed by atoms with Gasteiger partial charge in [-0.2, -0.15) is 5.26 Å². The van der Waals surface area contributed by atoms with E-state index in [-0.39, 0.29) is 5.71 Å². The molecule has 0 bridgehead atoms. The number of para-hydroxylation sites is 1. The molecular formula is C12H10N4O2S. The Morgan fingerprint density at radius 3 is 2.84 bits per heavy atom. The first-order valence-electron chi connectivity index (χ1n) is 5.34. The average molecular weight is 274 g/mol. The molecule has 2 rings (SSSR count). The number of nitrogens with zero attached hydrogens (tertiary/aromatic N) is 4. The summed E-state index contributed by atoms with van der Waals surface area (Å²) in [6.45, 7) is 0. The minimum Gasteiger partial charge on any atom is -0.312 e. The second kappa shape index (κ2) is 5.46. The van der Waals surface area contributed by atoms with E-state index in [1.165, 1.54) is 30.3 Å². The largest absolute Gasteiger partial charge is 0.435 e. The summed E-state index contributed by atoms with van der Waals surface area (Å²) < 4.78 is 0.944. The normalized spacial score (nSPS) is 11.1. The maximum absolute atomic E-state index is 11.2. The van der Waals surface area contributed by atoms with E-state index in [1.807, 2.05) is 30.3 Å². The SMILES string of the molecule is CN(C)C(=O)O/N=C(\C#N)c1nc2ccccc2s1. The molecule has 0 radical (unpaired) electrons. The monoisotopic (exact) mass is 274 g/mol. The Balaban J connectivity index is 2.29. The fraction of sp³-hybridized carbons (Fsp3) is 0.167. The van der Waals surface area contributed by atoms with Crippen LogP contribution in [0.25, 0.3) is 10.2 Å². The van der Waals surface area contributed by atoms with Gasteiger partial charge in [-0.1, -0.05) is 17.3 Å². The summed E-state index contributed by atoms with van der Waals surface area (Å²) in [6.07, 6.45) is -0.645. The Kier molecular flexibility index (Phi) is 3.73. The van der Waals surface area contributed by atoms with Crippen molar-refractivity contribution in [3.8, 4) is 6.07 Å². The first-order valence-corrected chi connectivity index (χ1v) is 6.16. The van der Waals surface area contributed by atoms with Crippen molar-refractivity contribution in [1.29, 1.82) is 5.26 Å². The lowest BCUT2D eigenvalue weighted by atomic mass is 10.3. The molecule has 6 nitrogen and oxygen atoms in total. The van der Waals surface area contributed by atoms with E-state index in [9.17, 15) is 4.79 Å². The molecule has 1 aromatic heterocycles. The fourth-order valence-electron chi connectivity index (χ4n) is 1.25. The molecule has 0 unspecified atom stereocenters. The molecule has 0 N–H and O–H groups in total. The zero-order valence-electron chi connectivity index (χ0n) is 10.3. The van der Waals surface area contributed by atoms with Crippen molar-refractivity contribution in [2.45, 2.75) is 0 Å². The van der Waals surface area contributed by atoms with E-state index in [4.69, 9.17) is 5.26 Å². The van der Waals surface area contributed by atoms with Gasteiger partial charge in [-0.05, 0) is 12.1 Å². The number of aromatic nitrogens is 1. The van der Waals surface area contributed by atoms with E-state index >= 15 is 0 Å². The van der Waals surface area contributed by atoms with E-state index in [1.54, 1.807) is 0 Å². The van der Waals surface area contributed by atoms with E-state index in [0.29, 0.717) is 5.01 Å². The maximum atomic E-state index is 11.2. The average Bonchev–Trinajstić information content (AvgIpc) is 2.82. The molecule has 0 atom stereocenters. The van der Waals surface area contributed by atoms with Crippen LogP contribution in [0.15, 0.2) is 29.4 Å². The summed E-state index contributed by atoms with van der Waals surface area (Å²) in [5.74, 6) is 0. The van der Waals surface area contributed by atoms with Crippen LogP contribution in [-0.2, 0) is 4.84 Å². The van der Waals surface area contributed by atoms with E-state index in [0.717, 1.165) is 10.2 Å². The Labute approximate surface area is 113 Å². The summed E-state index contributed by atoms with van der Waals surface area (Å²) >= 11 is 1.32. The van der Waals surface area contributed by atoms with Crippen LogP contribution in [0.4, 0.5) is 4.79 Å². The molecule has 0 saturated carbocycles. The number of thiazole rings is 1. The Morgan fingerprint density at radius 1 is 1.47 bits per heavy atom. The third-order valence-corrected chi connectivity index (χ3v) is 3.23. The highest BCUT2D eigenvalue weighted by Gasteiger charge is 2.12. The van der Waals surface area contributed by atoms with Crippen LogP contribution < -0.4 is 0 Å². The summed E-state index contributed by atoms with van der Waals surface area (Å²) in [5.41, 5.74) is 0.765. The molecule has 1 aromatic carbocycles. The van der Waals surface area contributed by atoms with Gasteiger partial charge in [0.05, 0.1) is 10.2 Å². The number of carbonyl (C=O) groups excluding carboxylic acids is 1. The third-order valence-electron chi connectivity index (χ3n) is 2.18. The molecule has 2 aromatic rings. The second-order valence-corrected chi connectivity index (χ2v) is 4.82. The van der Waals surface area contributed by atoms with Crippen molar-refractivity contribution < 1.29 is 9.63 Å². The molecular weight excluding hydrogens is 264 g/mol. The summed E-state index contributed by atoms with van der Waals surface area (Å²) in [4.78, 5) is 21.3. The van der Waals surface area contributed by atoms with Crippen LogP contribution in [-0.4, -0.2) is 35.8 Å². The molecule has 7 heteroatoms. The summed E-state index contributed by atoms with van der Waals surface area (Å²) in [7, 11) is 3.06. The van der Waals surface area contributed by atoms with Crippen molar-refractivity contribution in [2.24, 2.45) is 5.16 Å². The lowest BCUT2D eigenvalue weighted by molar-refractivity contribution is 0.122. The van der Waals surface area contributed by atoms with Gasteiger partial charge in [0.25, 0.3) is 0 Å². The van der Waals surface area contributed by atoms with Crippen LogP contribution in [0.5, 0.6) is 0 Å². The Bertz CT molecular complexity index is 651. The van der Waals surface area contributed by atoms with Gasteiger partial charge in [-0.15, -0.1) is 11.3 Å². The quantitative estimate of drug-likeness (QED) is 0.478. The molecule has 0 aliphatic carbocycles. The van der Waals surface area contributed by atoms with Gasteiger partial charge >= 0.3 is 6.09 Å². The highest BCUT2D eigenvalue weighted by molar-refractivity contribution is 7.20. The van der Waals surface area contributed by atoms with Crippen LogP contribution in [0.1, 0.15) is 5.01 Å². The minimum absolute atomic E-state index is 0.0172. The molecule has 0 spiro atoms. The van der Waals surface area contributed by atoms with Gasteiger partial charge in [0.15, 0.2) is 5.01 Å². The number of amides is 1. The topological polar surface area (TPSA) is 78.6 Å². The fourth-order valence-corrected chi connectivity index (χ4v) is 2.14. The minimum atomic E-state index is -0.645. The number of carbonyl (C=O) groups is 1. The predicted octanol–water partition coefficient (Wildman–Crippen LogP) is 2.22. The molecule has 0 fully saturated rings. The number of oxime groups is 1. The molecule has 0 saturated heterocycles.